The Kier molecular flexibility index (Phi) is 4.61. The van der Waals surface area contributed by atoms with E-state index in [1.807, 2.05) is 30.3 Å². The van der Waals surface area contributed by atoms with Gasteiger partial charge < -0.3 is 0 Å². The Labute approximate surface area is 113 Å². The Morgan fingerprint density at radius 2 is 1.83 bits per heavy atom. The zero-order chi connectivity index (χ0) is 13.0. The van der Waals surface area contributed by atoms with Crippen molar-refractivity contribution in [1.82, 2.24) is 9.03 Å². The largest absolute Gasteiger partial charge is 0.279 e. The van der Waals surface area contributed by atoms with Crippen LogP contribution in [0.1, 0.15) is 23.8 Å². The maximum atomic E-state index is 11.9. The molecule has 0 saturated carbocycles. The summed E-state index contributed by atoms with van der Waals surface area (Å²) in [5, 5.41) is -0.344. The summed E-state index contributed by atoms with van der Waals surface area (Å²) in [7, 11) is -3.36. The smallest absolute Gasteiger partial charge is 0.200 e. The highest BCUT2D eigenvalue weighted by Gasteiger charge is 2.25. The molecule has 100 valence electrons. The van der Waals surface area contributed by atoms with Gasteiger partial charge in [-0.25, -0.2) is 4.72 Å². The molecule has 1 aliphatic heterocycles. The summed E-state index contributed by atoms with van der Waals surface area (Å²) < 4.78 is 27.9. The summed E-state index contributed by atoms with van der Waals surface area (Å²) in [6, 6.07) is 9.46. The number of benzene rings is 1. The van der Waals surface area contributed by atoms with Crippen LogP contribution in [0.3, 0.4) is 0 Å². The predicted octanol–water partition coefficient (Wildman–Crippen LogP) is 1.90. The normalized spacial score (nSPS) is 18.9. The van der Waals surface area contributed by atoms with Gasteiger partial charge in [0, 0.05) is 19.6 Å². The lowest BCUT2D eigenvalue weighted by Crippen LogP contribution is -2.40. The van der Waals surface area contributed by atoms with Crippen LogP contribution < -0.4 is 4.72 Å². The molecule has 2 rings (SSSR count). The number of nitrogens with zero attached hydrogens (tertiary/aromatic N) is 1. The van der Waals surface area contributed by atoms with Gasteiger partial charge in [-0.05, 0) is 18.4 Å². The third kappa shape index (κ3) is 3.45. The Balaban J connectivity index is 1.91. The minimum atomic E-state index is -3.36. The Morgan fingerprint density at radius 3 is 2.44 bits per heavy atom. The van der Waals surface area contributed by atoms with E-state index in [1.54, 1.807) is 0 Å². The van der Waals surface area contributed by atoms with Gasteiger partial charge in [-0.3, -0.25) is 0 Å². The second-order valence-corrected chi connectivity index (χ2v) is 6.62. The molecule has 0 bridgehead atoms. The summed E-state index contributed by atoms with van der Waals surface area (Å²) >= 11 is 6.17. The summed E-state index contributed by atoms with van der Waals surface area (Å²) in [5.74, 6) is 0. The van der Waals surface area contributed by atoms with Gasteiger partial charge in [0.05, 0.1) is 5.38 Å². The highest BCUT2D eigenvalue weighted by molar-refractivity contribution is 7.87. The fourth-order valence-electron chi connectivity index (χ4n) is 1.98. The average Bonchev–Trinajstić information content (AvgIpc) is 2.92. The van der Waals surface area contributed by atoms with Crippen LogP contribution in [-0.4, -0.2) is 32.4 Å². The van der Waals surface area contributed by atoms with Crippen LogP contribution in [0, 0.1) is 0 Å². The summed E-state index contributed by atoms with van der Waals surface area (Å²) in [4.78, 5) is 0. The highest BCUT2D eigenvalue weighted by atomic mass is 35.5. The monoisotopic (exact) mass is 288 g/mol. The number of rotatable bonds is 5. The minimum Gasteiger partial charge on any atom is -0.200 e. The van der Waals surface area contributed by atoms with Gasteiger partial charge in [-0.1, -0.05) is 30.3 Å². The lowest BCUT2D eigenvalue weighted by molar-refractivity contribution is 0.465. The minimum absolute atomic E-state index is 0.213. The lowest BCUT2D eigenvalue weighted by Gasteiger charge is -2.17. The van der Waals surface area contributed by atoms with E-state index < -0.39 is 10.2 Å². The Morgan fingerprint density at radius 1 is 1.22 bits per heavy atom. The Bertz CT molecular complexity index is 472. The van der Waals surface area contributed by atoms with E-state index >= 15 is 0 Å². The molecule has 1 aromatic carbocycles. The Hall–Kier alpha value is -0.620. The van der Waals surface area contributed by atoms with Crippen molar-refractivity contribution < 1.29 is 8.42 Å². The van der Waals surface area contributed by atoms with Crippen LogP contribution in [0.4, 0.5) is 0 Å². The molecule has 1 unspecified atom stereocenters. The molecule has 1 N–H and O–H groups in total. The number of alkyl halides is 1. The highest BCUT2D eigenvalue weighted by Crippen LogP contribution is 2.19. The van der Waals surface area contributed by atoms with Gasteiger partial charge in [0.25, 0.3) is 10.2 Å². The molecule has 0 radical (unpaired) electrons. The van der Waals surface area contributed by atoms with E-state index in [2.05, 4.69) is 4.72 Å². The zero-order valence-corrected chi connectivity index (χ0v) is 11.6. The summed E-state index contributed by atoms with van der Waals surface area (Å²) in [6.45, 7) is 1.42. The molecule has 6 heteroatoms. The van der Waals surface area contributed by atoms with Crippen molar-refractivity contribution in [3.8, 4) is 0 Å². The molecule has 18 heavy (non-hydrogen) atoms. The summed E-state index contributed by atoms with van der Waals surface area (Å²) in [5.41, 5.74) is 0.920. The van der Waals surface area contributed by atoms with E-state index in [0.29, 0.717) is 13.1 Å². The number of nitrogens with one attached hydrogen (secondary N) is 1. The summed E-state index contributed by atoms with van der Waals surface area (Å²) in [6.07, 6.45) is 1.87. The lowest BCUT2D eigenvalue weighted by atomic mass is 10.1. The third-order valence-corrected chi connectivity index (χ3v) is 4.99. The molecule has 4 nitrogen and oxygen atoms in total. The molecule has 1 saturated heterocycles. The van der Waals surface area contributed by atoms with Gasteiger partial charge in [0.2, 0.25) is 0 Å². The van der Waals surface area contributed by atoms with Crippen molar-refractivity contribution in [2.75, 3.05) is 19.6 Å². The maximum Gasteiger partial charge on any atom is 0.279 e. The van der Waals surface area contributed by atoms with Crippen LogP contribution in [0.2, 0.25) is 0 Å². The third-order valence-electron chi connectivity index (χ3n) is 3.01. The average molecular weight is 289 g/mol. The maximum absolute atomic E-state index is 11.9. The molecule has 1 aromatic rings. The topological polar surface area (TPSA) is 49.4 Å². The zero-order valence-electron chi connectivity index (χ0n) is 10.0. The SMILES string of the molecule is O=S(=O)(NCC(Cl)c1ccccc1)N1CCCC1. The number of halogens is 1. The fraction of sp³-hybridized carbons (Fsp3) is 0.500. The quantitative estimate of drug-likeness (QED) is 0.841. The standard InChI is InChI=1S/C12H17ClN2O2S/c13-12(11-6-2-1-3-7-11)10-14-18(16,17)15-8-4-5-9-15/h1-3,6-7,12,14H,4-5,8-10H2. The van der Waals surface area contributed by atoms with Crippen LogP contribution in [0.15, 0.2) is 30.3 Å². The van der Waals surface area contributed by atoms with E-state index in [9.17, 15) is 8.42 Å². The molecule has 1 heterocycles. The van der Waals surface area contributed by atoms with Crippen molar-refractivity contribution in [2.24, 2.45) is 0 Å². The van der Waals surface area contributed by atoms with Gasteiger partial charge in [-0.15, -0.1) is 11.6 Å². The first-order chi connectivity index (χ1) is 8.59. The first-order valence-corrected chi connectivity index (χ1v) is 7.91. The molecule has 0 spiro atoms. The number of hydrogen-bond acceptors (Lipinski definition) is 2. The van der Waals surface area contributed by atoms with Crippen molar-refractivity contribution >= 4 is 21.8 Å². The first-order valence-electron chi connectivity index (χ1n) is 6.03. The van der Waals surface area contributed by atoms with E-state index in [0.717, 1.165) is 18.4 Å². The van der Waals surface area contributed by atoms with Crippen molar-refractivity contribution in [2.45, 2.75) is 18.2 Å². The van der Waals surface area contributed by atoms with Crippen LogP contribution in [0.25, 0.3) is 0 Å². The van der Waals surface area contributed by atoms with E-state index in [1.165, 1.54) is 4.31 Å². The van der Waals surface area contributed by atoms with Crippen molar-refractivity contribution in [3.63, 3.8) is 0 Å². The number of hydrogen-bond donors (Lipinski definition) is 1. The molecule has 1 atom stereocenters. The van der Waals surface area contributed by atoms with Crippen LogP contribution >= 0.6 is 11.6 Å². The molecular formula is C12H17ClN2O2S. The van der Waals surface area contributed by atoms with Gasteiger partial charge in [0.1, 0.15) is 0 Å². The second-order valence-electron chi connectivity index (χ2n) is 4.34. The molecule has 1 fully saturated rings. The fourth-order valence-corrected chi connectivity index (χ4v) is 3.59. The molecule has 0 aromatic heterocycles. The first kappa shape index (κ1) is 13.8. The van der Waals surface area contributed by atoms with E-state index in [4.69, 9.17) is 11.6 Å². The van der Waals surface area contributed by atoms with E-state index in [-0.39, 0.29) is 11.9 Å². The molecule has 1 aliphatic rings. The molecule has 0 amide bonds. The van der Waals surface area contributed by atoms with Crippen molar-refractivity contribution in [3.05, 3.63) is 35.9 Å². The van der Waals surface area contributed by atoms with Crippen LogP contribution in [-0.2, 0) is 10.2 Å². The van der Waals surface area contributed by atoms with Gasteiger partial charge in [-0.2, -0.15) is 12.7 Å². The second kappa shape index (κ2) is 6.02. The molecular weight excluding hydrogens is 272 g/mol. The predicted molar refractivity (Wildman–Crippen MR) is 72.8 cm³/mol. The molecule has 0 aliphatic carbocycles. The van der Waals surface area contributed by atoms with Gasteiger partial charge in [0.15, 0.2) is 0 Å². The van der Waals surface area contributed by atoms with Crippen LogP contribution in [0.5, 0.6) is 0 Å². The van der Waals surface area contributed by atoms with Crippen molar-refractivity contribution in [1.29, 1.82) is 0 Å². The van der Waals surface area contributed by atoms with Gasteiger partial charge >= 0.3 is 0 Å².